The van der Waals surface area contributed by atoms with Gasteiger partial charge in [-0.2, -0.15) is 0 Å². The van der Waals surface area contributed by atoms with Gasteiger partial charge < -0.3 is 9.47 Å². The van der Waals surface area contributed by atoms with E-state index in [4.69, 9.17) is 9.47 Å². The quantitative estimate of drug-likeness (QED) is 0.797. The Kier molecular flexibility index (Phi) is 3.14. The minimum absolute atomic E-state index is 0.231. The van der Waals surface area contributed by atoms with Crippen molar-refractivity contribution in [2.75, 3.05) is 6.79 Å². The SMILES string of the molecule is CC(C)Cc1c(C=O)nnn1-c1ccc2c(c1)OCO2. The van der Waals surface area contributed by atoms with Crippen LogP contribution in [0.5, 0.6) is 11.5 Å². The van der Waals surface area contributed by atoms with Gasteiger partial charge in [0.2, 0.25) is 6.79 Å². The van der Waals surface area contributed by atoms with Crippen LogP contribution in [0.4, 0.5) is 0 Å². The number of carbonyl (C=O) groups excluding carboxylic acids is 1. The maximum Gasteiger partial charge on any atom is 0.231 e. The molecule has 0 radical (unpaired) electrons. The maximum absolute atomic E-state index is 11.1. The number of fused-ring (bicyclic) bond motifs is 1. The summed E-state index contributed by atoms with van der Waals surface area (Å²) in [6, 6.07) is 5.55. The number of hydrogen-bond acceptors (Lipinski definition) is 5. The first kappa shape index (κ1) is 12.7. The van der Waals surface area contributed by atoms with Crippen molar-refractivity contribution < 1.29 is 14.3 Å². The predicted octanol–water partition coefficient (Wildman–Crippen LogP) is 2.01. The Bertz CT molecular complexity index is 649. The highest BCUT2D eigenvalue weighted by molar-refractivity contribution is 5.73. The monoisotopic (exact) mass is 273 g/mol. The van der Waals surface area contributed by atoms with Crippen LogP contribution in [0, 0.1) is 5.92 Å². The van der Waals surface area contributed by atoms with Crippen molar-refractivity contribution >= 4 is 6.29 Å². The zero-order valence-electron chi connectivity index (χ0n) is 11.4. The number of hydrogen-bond donors (Lipinski definition) is 0. The molecule has 0 bridgehead atoms. The largest absolute Gasteiger partial charge is 0.454 e. The number of ether oxygens (including phenoxy) is 2. The van der Waals surface area contributed by atoms with Gasteiger partial charge in [0.25, 0.3) is 0 Å². The van der Waals surface area contributed by atoms with Crippen LogP contribution < -0.4 is 9.47 Å². The Morgan fingerprint density at radius 2 is 2.15 bits per heavy atom. The fraction of sp³-hybridized carbons (Fsp3) is 0.357. The fourth-order valence-electron chi connectivity index (χ4n) is 2.21. The van der Waals surface area contributed by atoms with Crippen molar-refractivity contribution in [1.82, 2.24) is 15.0 Å². The lowest BCUT2D eigenvalue weighted by Gasteiger charge is -2.09. The third-order valence-electron chi connectivity index (χ3n) is 3.11. The van der Waals surface area contributed by atoms with Crippen molar-refractivity contribution in [2.24, 2.45) is 5.92 Å². The molecule has 20 heavy (non-hydrogen) atoms. The van der Waals surface area contributed by atoms with E-state index in [1.165, 1.54) is 0 Å². The van der Waals surface area contributed by atoms with E-state index in [1.807, 2.05) is 18.2 Å². The third kappa shape index (κ3) is 2.13. The number of benzene rings is 1. The average Bonchev–Trinajstić information content (AvgIpc) is 3.03. The van der Waals surface area contributed by atoms with Gasteiger partial charge in [0.1, 0.15) is 5.69 Å². The molecule has 2 aromatic rings. The molecule has 0 saturated carbocycles. The molecular weight excluding hydrogens is 258 g/mol. The number of aromatic nitrogens is 3. The topological polar surface area (TPSA) is 66.2 Å². The van der Waals surface area contributed by atoms with E-state index in [9.17, 15) is 4.79 Å². The summed E-state index contributed by atoms with van der Waals surface area (Å²) in [5.74, 6) is 1.80. The van der Waals surface area contributed by atoms with Crippen LogP contribution in [0.25, 0.3) is 5.69 Å². The minimum atomic E-state index is 0.231. The highest BCUT2D eigenvalue weighted by atomic mass is 16.7. The molecule has 6 heteroatoms. The van der Waals surface area contributed by atoms with Gasteiger partial charge in [-0.25, -0.2) is 4.68 Å². The summed E-state index contributed by atoms with van der Waals surface area (Å²) in [6.45, 7) is 4.41. The number of carbonyl (C=O) groups is 1. The second-order valence-corrected chi connectivity index (χ2v) is 5.09. The van der Waals surface area contributed by atoms with Crippen LogP contribution in [0.3, 0.4) is 0 Å². The van der Waals surface area contributed by atoms with E-state index >= 15 is 0 Å². The number of nitrogens with zero attached hydrogens (tertiary/aromatic N) is 3. The van der Waals surface area contributed by atoms with Crippen LogP contribution in [0.1, 0.15) is 30.0 Å². The van der Waals surface area contributed by atoms with E-state index in [-0.39, 0.29) is 6.79 Å². The van der Waals surface area contributed by atoms with Gasteiger partial charge in [0.15, 0.2) is 17.8 Å². The number of rotatable bonds is 4. The van der Waals surface area contributed by atoms with Crippen LogP contribution >= 0.6 is 0 Å². The third-order valence-corrected chi connectivity index (χ3v) is 3.11. The Morgan fingerprint density at radius 1 is 1.35 bits per heavy atom. The van der Waals surface area contributed by atoms with Crippen LogP contribution in [-0.4, -0.2) is 28.1 Å². The Labute approximate surface area is 116 Å². The molecule has 0 unspecified atom stereocenters. The van der Waals surface area contributed by atoms with Crippen LogP contribution in [0.15, 0.2) is 18.2 Å². The molecule has 1 aromatic heterocycles. The smallest absolute Gasteiger partial charge is 0.231 e. The molecule has 0 amide bonds. The van der Waals surface area contributed by atoms with Gasteiger partial charge in [-0.3, -0.25) is 4.79 Å². The van der Waals surface area contributed by atoms with Gasteiger partial charge in [-0.05, 0) is 24.5 Å². The van der Waals surface area contributed by atoms with Crippen molar-refractivity contribution in [3.05, 3.63) is 29.6 Å². The molecule has 1 aromatic carbocycles. The fourth-order valence-corrected chi connectivity index (χ4v) is 2.21. The zero-order chi connectivity index (χ0) is 14.1. The second kappa shape index (κ2) is 4.96. The lowest BCUT2D eigenvalue weighted by molar-refractivity contribution is 0.111. The zero-order valence-corrected chi connectivity index (χ0v) is 11.4. The van der Waals surface area contributed by atoms with Gasteiger partial charge >= 0.3 is 0 Å². The summed E-state index contributed by atoms with van der Waals surface area (Å²) in [6.07, 6.45) is 1.48. The first-order valence-electron chi connectivity index (χ1n) is 6.49. The highest BCUT2D eigenvalue weighted by Gasteiger charge is 2.18. The van der Waals surface area contributed by atoms with Crippen LogP contribution in [-0.2, 0) is 6.42 Å². The number of aldehydes is 1. The van der Waals surface area contributed by atoms with Crippen molar-refractivity contribution in [1.29, 1.82) is 0 Å². The van der Waals surface area contributed by atoms with Gasteiger partial charge in [0.05, 0.1) is 11.4 Å². The molecule has 0 spiro atoms. The van der Waals surface area contributed by atoms with E-state index < -0.39 is 0 Å². The predicted molar refractivity (Wildman–Crippen MR) is 71.4 cm³/mol. The van der Waals surface area contributed by atoms with E-state index in [2.05, 4.69) is 24.2 Å². The molecular formula is C14H15N3O3. The molecule has 2 heterocycles. The summed E-state index contributed by atoms with van der Waals surface area (Å²) in [4.78, 5) is 11.1. The second-order valence-electron chi connectivity index (χ2n) is 5.09. The van der Waals surface area contributed by atoms with Crippen molar-refractivity contribution in [3.8, 4) is 17.2 Å². The molecule has 0 N–H and O–H groups in total. The molecule has 6 nitrogen and oxygen atoms in total. The Morgan fingerprint density at radius 3 is 2.90 bits per heavy atom. The molecule has 0 atom stereocenters. The Hall–Kier alpha value is -2.37. The van der Waals surface area contributed by atoms with Gasteiger partial charge in [-0.1, -0.05) is 19.1 Å². The molecule has 0 aliphatic carbocycles. The highest BCUT2D eigenvalue weighted by Crippen LogP contribution is 2.33. The van der Waals surface area contributed by atoms with Crippen molar-refractivity contribution in [3.63, 3.8) is 0 Å². The van der Waals surface area contributed by atoms with Gasteiger partial charge in [0, 0.05) is 6.07 Å². The summed E-state index contributed by atoms with van der Waals surface area (Å²) < 4.78 is 12.3. The maximum atomic E-state index is 11.1. The minimum Gasteiger partial charge on any atom is -0.454 e. The average molecular weight is 273 g/mol. The molecule has 0 fully saturated rings. The first-order valence-corrected chi connectivity index (χ1v) is 6.49. The lowest BCUT2D eigenvalue weighted by Crippen LogP contribution is -2.07. The normalized spacial score (nSPS) is 12.9. The summed E-state index contributed by atoms with van der Waals surface area (Å²) in [5.41, 5.74) is 2.01. The van der Waals surface area contributed by atoms with Crippen molar-refractivity contribution in [2.45, 2.75) is 20.3 Å². The van der Waals surface area contributed by atoms with E-state index in [0.717, 1.165) is 29.8 Å². The molecule has 0 saturated heterocycles. The lowest BCUT2D eigenvalue weighted by atomic mass is 10.1. The van der Waals surface area contributed by atoms with Gasteiger partial charge in [-0.15, -0.1) is 5.10 Å². The van der Waals surface area contributed by atoms with Crippen LogP contribution in [0.2, 0.25) is 0 Å². The summed E-state index contributed by atoms with van der Waals surface area (Å²) in [5, 5.41) is 8.01. The standard InChI is InChI=1S/C14H15N3O3/c1-9(2)5-12-11(7-18)15-16-17(12)10-3-4-13-14(6-10)20-8-19-13/h3-4,6-7,9H,5,8H2,1-2H3. The summed E-state index contributed by atoms with van der Waals surface area (Å²) >= 11 is 0. The molecule has 1 aliphatic heterocycles. The molecule has 1 aliphatic rings. The molecule has 3 rings (SSSR count). The Balaban J connectivity index is 2.05. The molecule has 104 valence electrons. The summed E-state index contributed by atoms with van der Waals surface area (Å²) in [7, 11) is 0. The first-order chi connectivity index (χ1) is 9.69. The van der Waals surface area contributed by atoms with E-state index in [1.54, 1.807) is 4.68 Å². The van der Waals surface area contributed by atoms with E-state index in [0.29, 0.717) is 17.4 Å².